The van der Waals surface area contributed by atoms with Crippen LogP contribution in [-0.4, -0.2) is 10.9 Å². The molecular weight excluding hydrogens is 200 g/mol. The maximum absolute atomic E-state index is 11.0. The average molecular weight is 212 g/mol. The summed E-state index contributed by atoms with van der Waals surface area (Å²) >= 11 is 0. The molecule has 0 aliphatic heterocycles. The second-order valence-electron chi connectivity index (χ2n) is 3.62. The summed E-state index contributed by atoms with van der Waals surface area (Å²) in [6.45, 7) is 1.92. The number of hydrogen-bond acceptors (Lipinski definition) is 2. The van der Waals surface area contributed by atoms with Crippen LogP contribution in [0.2, 0.25) is 0 Å². The SMILES string of the molecule is Cc1cc(C(N)=O)cnc1-c1ccccc1. The van der Waals surface area contributed by atoms with Crippen LogP contribution < -0.4 is 5.73 Å². The normalized spacial score (nSPS) is 10.1. The predicted octanol–water partition coefficient (Wildman–Crippen LogP) is 2.16. The van der Waals surface area contributed by atoms with E-state index in [2.05, 4.69) is 4.98 Å². The van der Waals surface area contributed by atoms with E-state index in [9.17, 15) is 4.79 Å². The number of carbonyl (C=O) groups excluding carboxylic acids is 1. The summed E-state index contributed by atoms with van der Waals surface area (Å²) in [6.07, 6.45) is 1.51. The molecule has 1 heterocycles. The van der Waals surface area contributed by atoms with Crippen LogP contribution in [0.15, 0.2) is 42.6 Å². The Labute approximate surface area is 93.9 Å². The van der Waals surface area contributed by atoms with E-state index in [1.165, 1.54) is 6.20 Å². The van der Waals surface area contributed by atoms with E-state index < -0.39 is 5.91 Å². The van der Waals surface area contributed by atoms with Crippen molar-refractivity contribution in [2.24, 2.45) is 5.73 Å². The van der Waals surface area contributed by atoms with Crippen molar-refractivity contribution >= 4 is 5.91 Å². The van der Waals surface area contributed by atoms with Crippen LogP contribution in [0.1, 0.15) is 15.9 Å². The van der Waals surface area contributed by atoms with Crippen LogP contribution in [0.5, 0.6) is 0 Å². The first-order chi connectivity index (χ1) is 7.68. The largest absolute Gasteiger partial charge is 0.366 e. The molecule has 1 aromatic carbocycles. The first kappa shape index (κ1) is 10.4. The standard InChI is InChI=1S/C13H12N2O/c1-9-7-11(13(14)16)8-15-12(9)10-5-3-2-4-6-10/h2-8H,1H3,(H2,14,16). The molecule has 0 unspecified atom stereocenters. The zero-order valence-electron chi connectivity index (χ0n) is 8.97. The van der Waals surface area contributed by atoms with Gasteiger partial charge in [0.15, 0.2) is 0 Å². The molecule has 3 nitrogen and oxygen atoms in total. The van der Waals surface area contributed by atoms with Gasteiger partial charge in [-0.25, -0.2) is 0 Å². The van der Waals surface area contributed by atoms with E-state index in [1.54, 1.807) is 6.07 Å². The van der Waals surface area contributed by atoms with Crippen LogP contribution in [0.4, 0.5) is 0 Å². The monoisotopic (exact) mass is 212 g/mol. The van der Waals surface area contributed by atoms with Crippen molar-refractivity contribution in [3.8, 4) is 11.3 Å². The van der Waals surface area contributed by atoms with Crippen molar-refractivity contribution < 1.29 is 4.79 Å². The van der Waals surface area contributed by atoms with E-state index in [0.717, 1.165) is 16.8 Å². The summed E-state index contributed by atoms with van der Waals surface area (Å²) in [5.74, 6) is -0.449. The summed E-state index contributed by atoms with van der Waals surface area (Å²) in [4.78, 5) is 15.3. The molecular formula is C13H12N2O. The molecule has 2 rings (SSSR count). The van der Waals surface area contributed by atoms with Crippen molar-refractivity contribution in [2.75, 3.05) is 0 Å². The Morgan fingerprint density at radius 2 is 1.94 bits per heavy atom. The van der Waals surface area contributed by atoms with Gasteiger partial charge >= 0.3 is 0 Å². The van der Waals surface area contributed by atoms with Crippen molar-refractivity contribution in [1.82, 2.24) is 4.98 Å². The molecule has 0 radical (unpaired) electrons. The number of rotatable bonds is 2. The van der Waals surface area contributed by atoms with E-state index in [4.69, 9.17) is 5.73 Å². The molecule has 2 N–H and O–H groups in total. The fourth-order valence-corrected chi connectivity index (χ4v) is 1.61. The highest BCUT2D eigenvalue weighted by atomic mass is 16.1. The molecule has 16 heavy (non-hydrogen) atoms. The van der Waals surface area contributed by atoms with Gasteiger partial charge in [0.05, 0.1) is 11.3 Å². The fraction of sp³-hybridized carbons (Fsp3) is 0.0769. The minimum Gasteiger partial charge on any atom is -0.366 e. The Morgan fingerprint density at radius 1 is 1.25 bits per heavy atom. The number of nitrogens with two attached hydrogens (primary N) is 1. The van der Waals surface area contributed by atoms with E-state index >= 15 is 0 Å². The molecule has 1 amide bonds. The summed E-state index contributed by atoms with van der Waals surface area (Å²) in [7, 11) is 0. The van der Waals surface area contributed by atoms with E-state index in [0.29, 0.717) is 5.56 Å². The first-order valence-corrected chi connectivity index (χ1v) is 5.00. The highest BCUT2D eigenvalue weighted by molar-refractivity contribution is 5.93. The molecule has 80 valence electrons. The highest BCUT2D eigenvalue weighted by Crippen LogP contribution is 2.20. The molecule has 0 spiro atoms. The predicted molar refractivity (Wildman–Crippen MR) is 62.9 cm³/mol. The van der Waals surface area contributed by atoms with Gasteiger partial charge in [-0.2, -0.15) is 0 Å². The van der Waals surface area contributed by atoms with Crippen LogP contribution in [-0.2, 0) is 0 Å². The quantitative estimate of drug-likeness (QED) is 0.829. The lowest BCUT2D eigenvalue weighted by molar-refractivity contribution is 0.1000. The third-order valence-corrected chi connectivity index (χ3v) is 2.41. The molecule has 0 bridgehead atoms. The molecule has 0 fully saturated rings. The van der Waals surface area contributed by atoms with Gasteiger partial charge in [-0.3, -0.25) is 9.78 Å². The van der Waals surface area contributed by atoms with Crippen molar-refractivity contribution in [3.63, 3.8) is 0 Å². The lowest BCUT2D eigenvalue weighted by Gasteiger charge is -2.05. The van der Waals surface area contributed by atoms with E-state index in [1.807, 2.05) is 37.3 Å². The number of nitrogens with zero attached hydrogens (tertiary/aromatic N) is 1. The topological polar surface area (TPSA) is 56.0 Å². The summed E-state index contributed by atoms with van der Waals surface area (Å²) in [6, 6.07) is 11.6. The zero-order chi connectivity index (χ0) is 11.5. The van der Waals surface area contributed by atoms with Gasteiger partial charge in [0.2, 0.25) is 5.91 Å². The van der Waals surface area contributed by atoms with Gasteiger partial charge in [-0.1, -0.05) is 30.3 Å². The van der Waals surface area contributed by atoms with Crippen LogP contribution in [0.25, 0.3) is 11.3 Å². The Hall–Kier alpha value is -2.16. The van der Waals surface area contributed by atoms with Crippen LogP contribution in [0.3, 0.4) is 0 Å². The van der Waals surface area contributed by atoms with Gasteiger partial charge < -0.3 is 5.73 Å². The van der Waals surface area contributed by atoms with Crippen molar-refractivity contribution in [3.05, 3.63) is 53.7 Å². The minimum absolute atomic E-state index is 0.442. The lowest BCUT2D eigenvalue weighted by Crippen LogP contribution is -2.11. The molecule has 0 aliphatic rings. The lowest BCUT2D eigenvalue weighted by atomic mass is 10.1. The number of aromatic nitrogens is 1. The molecule has 0 saturated heterocycles. The Morgan fingerprint density at radius 3 is 2.50 bits per heavy atom. The number of pyridine rings is 1. The molecule has 2 aromatic rings. The average Bonchev–Trinajstić information content (AvgIpc) is 2.30. The number of benzene rings is 1. The maximum atomic E-state index is 11.0. The molecule has 0 aliphatic carbocycles. The second kappa shape index (κ2) is 4.14. The number of aryl methyl sites for hydroxylation is 1. The summed E-state index contributed by atoms with van der Waals surface area (Å²) in [5.41, 5.74) is 8.50. The number of primary amides is 1. The smallest absolute Gasteiger partial charge is 0.250 e. The Bertz CT molecular complexity index is 521. The molecule has 0 atom stereocenters. The van der Waals surface area contributed by atoms with Gasteiger partial charge in [-0.05, 0) is 18.6 Å². The minimum atomic E-state index is -0.449. The highest BCUT2D eigenvalue weighted by Gasteiger charge is 2.06. The maximum Gasteiger partial charge on any atom is 0.250 e. The third-order valence-electron chi connectivity index (χ3n) is 2.41. The van der Waals surface area contributed by atoms with Crippen molar-refractivity contribution in [2.45, 2.75) is 6.92 Å². The Kier molecular flexibility index (Phi) is 2.68. The van der Waals surface area contributed by atoms with Gasteiger partial charge in [0, 0.05) is 11.8 Å². The number of hydrogen-bond donors (Lipinski definition) is 1. The summed E-state index contributed by atoms with van der Waals surface area (Å²) in [5, 5.41) is 0. The molecule has 0 saturated carbocycles. The fourth-order valence-electron chi connectivity index (χ4n) is 1.61. The molecule has 1 aromatic heterocycles. The zero-order valence-corrected chi connectivity index (χ0v) is 8.97. The van der Waals surface area contributed by atoms with E-state index in [-0.39, 0.29) is 0 Å². The van der Waals surface area contributed by atoms with Crippen molar-refractivity contribution in [1.29, 1.82) is 0 Å². The summed E-state index contributed by atoms with van der Waals surface area (Å²) < 4.78 is 0. The van der Waals surface area contributed by atoms with Crippen LogP contribution in [0, 0.1) is 6.92 Å². The first-order valence-electron chi connectivity index (χ1n) is 5.00. The van der Waals surface area contributed by atoms with Crippen LogP contribution >= 0.6 is 0 Å². The number of amides is 1. The third kappa shape index (κ3) is 1.93. The molecule has 3 heteroatoms. The Balaban J connectivity index is 2.48. The number of carbonyl (C=O) groups is 1. The second-order valence-corrected chi connectivity index (χ2v) is 3.62. The van der Waals surface area contributed by atoms with Gasteiger partial charge in [-0.15, -0.1) is 0 Å². The van der Waals surface area contributed by atoms with Gasteiger partial charge in [0.1, 0.15) is 0 Å². The van der Waals surface area contributed by atoms with Gasteiger partial charge in [0.25, 0.3) is 0 Å².